The summed E-state index contributed by atoms with van der Waals surface area (Å²) >= 11 is 5.97. The van der Waals surface area contributed by atoms with Gasteiger partial charge < -0.3 is 10.1 Å². The summed E-state index contributed by atoms with van der Waals surface area (Å²) in [6.07, 6.45) is 3.41. The van der Waals surface area contributed by atoms with Crippen LogP contribution in [-0.4, -0.2) is 19.2 Å². The molecule has 1 atom stereocenters. The maximum Gasteiger partial charge on any atom is 0.119 e. The number of aryl methyl sites for hydroxylation is 1. The van der Waals surface area contributed by atoms with Crippen LogP contribution in [0.4, 0.5) is 0 Å². The van der Waals surface area contributed by atoms with Crippen LogP contribution in [0.3, 0.4) is 0 Å². The molecule has 0 aliphatic heterocycles. The highest BCUT2D eigenvalue weighted by molar-refractivity contribution is 6.31. The average molecular weight is 270 g/mol. The lowest BCUT2D eigenvalue weighted by Gasteiger charge is -2.15. The van der Waals surface area contributed by atoms with Crippen molar-refractivity contribution in [3.8, 4) is 5.75 Å². The smallest absolute Gasteiger partial charge is 0.119 e. The second kappa shape index (κ2) is 8.39. The molecule has 102 valence electrons. The molecular weight excluding hydrogens is 246 g/mol. The number of halogens is 1. The SMILES string of the molecule is CCNC(CC)CCCOc1ccc(Cl)c(C)c1. The molecule has 0 bridgehead atoms. The lowest BCUT2D eigenvalue weighted by Crippen LogP contribution is -2.28. The molecule has 0 aromatic heterocycles. The summed E-state index contributed by atoms with van der Waals surface area (Å²) in [6, 6.07) is 6.42. The number of benzene rings is 1. The van der Waals surface area contributed by atoms with Gasteiger partial charge >= 0.3 is 0 Å². The third-order valence-corrected chi connectivity index (χ3v) is 3.50. The highest BCUT2D eigenvalue weighted by Gasteiger charge is 2.04. The van der Waals surface area contributed by atoms with Gasteiger partial charge in [0.25, 0.3) is 0 Å². The predicted octanol–water partition coefficient (Wildman–Crippen LogP) is 4.20. The maximum absolute atomic E-state index is 5.97. The Morgan fingerprint density at radius 1 is 1.33 bits per heavy atom. The second-order valence-corrected chi connectivity index (χ2v) is 4.97. The van der Waals surface area contributed by atoms with E-state index in [1.807, 2.05) is 25.1 Å². The van der Waals surface area contributed by atoms with E-state index in [4.69, 9.17) is 16.3 Å². The van der Waals surface area contributed by atoms with Gasteiger partial charge in [0, 0.05) is 11.1 Å². The van der Waals surface area contributed by atoms with E-state index >= 15 is 0 Å². The summed E-state index contributed by atoms with van der Waals surface area (Å²) in [7, 11) is 0. The quantitative estimate of drug-likeness (QED) is 0.715. The van der Waals surface area contributed by atoms with E-state index in [-0.39, 0.29) is 0 Å². The first kappa shape index (κ1) is 15.3. The fraction of sp³-hybridized carbons (Fsp3) is 0.600. The van der Waals surface area contributed by atoms with E-state index in [0.29, 0.717) is 6.04 Å². The number of rotatable bonds is 8. The van der Waals surface area contributed by atoms with Crippen LogP contribution in [0.15, 0.2) is 18.2 Å². The van der Waals surface area contributed by atoms with Gasteiger partial charge in [-0.1, -0.05) is 25.4 Å². The lowest BCUT2D eigenvalue weighted by atomic mass is 10.1. The van der Waals surface area contributed by atoms with E-state index in [0.717, 1.165) is 42.3 Å². The van der Waals surface area contributed by atoms with Gasteiger partial charge in [-0.2, -0.15) is 0 Å². The highest BCUT2D eigenvalue weighted by atomic mass is 35.5. The molecule has 2 nitrogen and oxygen atoms in total. The van der Waals surface area contributed by atoms with Crippen molar-refractivity contribution in [1.29, 1.82) is 0 Å². The van der Waals surface area contributed by atoms with Gasteiger partial charge in [0.2, 0.25) is 0 Å². The number of ether oxygens (including phenoxy) is 1. The molecule has 0 aliphatic carbocycles. The minimum absolute atomic E-state index is 0.616. The maximum atomic E-state index is 5.97. The summed E-state index contributed by atoms with van der Waals surface area (Å²) in [5.41, 5.74) is 1.06. The Kier molecular flexibility index (Phi) is 7.14. The van der Waals surface area contributed by atoms with Gasteiger partial charge in [-0.3, -0.25) is 0 Å². The molecule has 0 fully saturated rings. The Morgan fingerprint density at radius 3 is 2.72 bits per heavy atom. The zero-order chi connectivity index (χ0) is 13.4. The normalized spacial score (nSPS) is 12.4. The van der Waals surface area contributed by atoms with Crippen molar-refractivity contribution in [1.82, 2.24) is 5.32 Å². The zero-order valence-corrected chi connectivity index (χ0v) is 12.4. The number of hydrogen-bond acceptors (Lipinski definition) is 2. The van der Waals surface area contributed by atoms with Crippen LogP contribution in [-0.2, 0) is 0 Å². The monoisotopic (exact) mass is 269 g/mol. The molecule has 0 aliphatic rings. The average Bonchev–Trinajstić information content (AvgIpc) is 2.37. The molecule has 0 radical (unpaired) electrons. The minimum atomic E-state index is 0.616. The van der Waals surface area contributed by atoms with Crippen molar-refractivity contribution in [3.63, 3.8) is 0 Å². The molecule has 1 rings (SSSR count). The third-order valence-electron chi connectivity index (χ3n) is 3.08. The van der Waals surface area contributed by atoms with E-state index in [1.165, 1.54) is 6.42 Å². The van der Waals surface area contributed by atoms with Gasteiger partial charge in [0.1, 0.15) is 5.75 Å². The summed E-state index contributed by atoms with van der Waals surface area (Å²) in [6.45, 7) is 8.17. The molecule has 1 aromatic carbocycles. The molecule has 3 heteroatoms. The Labute approximate surface area is 116 Å². The fourth-order valence-corrected chi connectivity index (χ4v) is 2.08. The van der Waals surface area contributed by atoms with E-state index < -0.39 is 0 Å². The lowest BCUT2D eigenvalue weighted by molar-refractivity contribution is 0.295. The first-order chi connectivity index (χ1) is 8.67. The van der Waals surface area contributed by atoms with Crippen molar-refractivity contribution in [2.75, 3.05) is 13.2 Å². The van der Waals surface area contributed by atoms with E-state index in [1.54, 1.807) is 0 Å². The third kappa shape index (κ3) is 5.28. The predicted molar refractivity (Wildman–Crippen MR) is 78.7 cm³/mol. The summed E-state index contributed by atoms with van der Waals surface area (Å²) < 4.78 is 5.73. The molecule has 1 N–H and O–H groups in total. The van der Waals surface area contributed by atoms with Crippen molar-refractivity contribution in [2.24, 2.45) is 0 Å². The molecule has 1 aromatic rings. The first-order valence-electron chi connectivity index (χ1n) is 6.79. The number of hydrogen-bond donors (Lipinski definition) is 1. The molecular formula is C15H24ClNO. The largest absolute Gasteiger partial charge is 0.494 e. The number of nitrogens with one attached hydrogen (secondary N) is 1. The second-order valence-electron chi connectivity index (χ2n) is 4.56. The van der Waals surface area contributed by atoms with Gasteiger partial charge in [-0.15, -0.1) is 0 Å². The van der Waals surface area contributed by atoms with Crippen molar-refractivity contribution < 1.29 is 4.74 Å². The Balaban J connectivity index is 2.26. The molecule has 0 heterocycles. The van der Waals surface area contributed by atoms with Gasteiger partial charge in [0.05, 0.1) is 6.61 Å². The van der Waals surface area contributed by atoms with Crippen LogP contribution < -0.4 is 10.1 Å². The van der Waals surface area contributed by atoms with Crippen molar-refractivity contribution >= 4 is 11.6 Å². The Morgan fingerprint density at radius 2 is 2.11 bits per heavy atom. The van der Waals surface area contributed by atoms with E-state index in [2.05, 4.69) is 19.2 Å². The van der Waals surface area contributed by atoms with Crippen molar-refractivity contribution in [2.45, 2.75) is 46.1 Å². The topological polar surface area (TPSA) is 21.3 Å². The van der Waals surface area contributed by atoms with Crippen LogP contribution >= 0.6 is 11.6 Å². The van der Waals surface area contributed by atoms with Gasteiger partial charge in [0.15, 0.2) is 0 Å². The first-order valence-corrected chi connectivity index (χ1v) is 7.17. The molecule has 0 spiro atoms. The van der Waals surface area contributed by atoms with Gasteiger partial charge in [-0.25, -0.2) is 0 Å². The molecule has 0 saturated carbocycles. The fourth-order valence-electron chi connectivity index (χ4n) is 1.97. The molecule has 18 heavy (non-hydrogen) atoms. The minimum Gasteiger partial charge on any atom is -0.494 e. The summed E-state index contributed by atoms with van der Waals surface area (Å²) in [5.74, 6) is 0.911. The molecule has 0 amide bonds. The van der Waals surface area contributed by atoms with Crippen molar-refractivity contribution in [3.05, 3.63) is 28.8 Å². The Hall–Kier alpha value is -0.730. The van der Waals surface area contributed by atoms with Crippen LogP contribution in [0.2, 0.25) is 5.02 Å². The summed E-state index contributed by atoms with van der Waals surface area (Å²) in [5, 5.41) is 4.27. The standard InChI is InChI=1S/C15H24ClNO/c1-4-13(17-5-2)7-6-10-18-14-8-9-15(16)12(3)11-14/h8-9,11,13,17H,4-7,10H2,1-3H3. The van der Waals surface area contributed by atoms with Crippen LogP contribution in [0.25, 0.3) is 0 Å². The van der Waals surface area contributed by atoms with Crippen LogP contribution in [0.5, 0.6) is 5.75 Å². The van der Waals surface area contributed by atoms with Gasteiger partial charge in [-0.05, 0) is 56.5 Å². The highest BCUT2D eigenvalue weighted by Crippen LogP contribution is 2.21. The molecule has 0 saturated heterocycles. The molecule has 1 unspecified atom stereocenters. The zero-order valence-electron chi connectivity index (χ0n) is 11.6. The van der Waals surface area contributed by atoms with Crippen LogP contribution in [0.1, 0.15) is 38.7 Å². The Bertz CT molecular complexity index is 354. The summed E-state index contributed by atoms with van der Waals surface area (Å²) in [4.78, 5) is 0. The van der Waals surface area contributed by atoms with Crippen LogP contribution in [0, 0.1) is 6.92 Å². The van der Waals surface area contributed by atoms with E-state index in [9.17, 15) is 0 Å².